The van der Waals surface area contributed by atoms with Crippen molar-refractivity contribution in [2.45, 2.75) is 31.5 Å². The average molecular weight is 298 g/mol. The van der Waals surface area contributed by atoms with Gasteiger partial charge in [-0.3, -0.25) is 0 Å². The highest BCUT2D eigenvalue weighted by Gasteiger charge is 2.35. The number of carboxylic acid groups (broad SMARTS) is 1. The van der Waals surface area contributed by atoms with Gasteiger partial charge in [-0.1, -0.05) is 0 Å². The van der Waals surface area contributed by atoms with Crippen molar-refractivity contribution in [2.75, 3.05) is 11.4 Å². The van der Waals surface area contributed by atoms with Crippen molar-refractivity contribution in [3.63, 3.8) is 0 Å². The molecule has 1 aliphatic rings. The summed E-state index contributed by atoms with van der Waals surface area (Å²) in [7, 11) is 0. The molecular weight excluding hydrogens is 285 g/mol. The van der Waals surface area contributed by atoms with Crippen molar-refractivity contribution in [1.82, 2.24) is 0 Å². The van der Waals surface area contributed by atoms with Crippen molar-refractivity contribution in [1.29, 1.82) is 5.26 Å². The number of hydrogen-bond donors (Lipinski definition) is 1. The molecule has 1 fully saturated rings. The minimum atomic E-state index is -4.60. The molecular formula is C14H13F3N2O2. The van der Waals surface area contributed by atoms with Gasteiger partial charge in [0.15, 0.2) is 0 Å². The summed E-state index contributed by atoms with van der Waals surface area (Å²) in [6, 6.07) is 3.95. The molecule has 1 aromatic carbocycles. The number of piperidine rings is 1. The van der Waals surface area contributed by atoms with Crippen molar-refractivity contribution >= 4 is 11.7 Å². The Labute approximate surface area is 119 Å². The number of nitriles is 1. The van der Waals surface area contributed by atoms with Crippen LogP contribution in [0.3, 0.4) is 0 Å². The van der Waals surface area contributed by atoms with Gasteiger partial charge in [0.25, 0.3) is 0 Å². The van der Waals surface area contributed by atoms with Crippen LogP contribution in [0, 0.1) is 11.3 Å². The number of alkyl halides is 3. The molecule has 1 N–H and O–H groups in total. The van der Waals surface area contributed by atoms with Gasteiger partial charge < -0.3 is 10.0 Å². The minimum absolute atomic E-state index is 0.339. The van der Waals surface area contributed by atoms with Crippen molar-refractivity contribution in [2.24, 2.45) is 0 Å². The van der Waals surface area contributed by atoms with E-state index in [-0.39, 0.29) is 0 Å². The fourth-order valence-corrected chi connectivity index (χ4v) is 2.55. The van der Waals surface area contributed by atoms with Gasteiger partial charge in [0.2, 0.25) is 0 Å². The fourth-order valence-electron chi connectivity index (χ4n) is 2.55. The molecule has 0 aliphatic carbocycles. The molecule has 1 atom stereocenters. The third-order valence-corrected chi connectivity index (χ3v) is 3.55. The highest BCUT2D eigenvalue weighted by molar-refractivity contribution is 5.78. The summed E-state index contributed by atoms with van der Waals surface area (Å²) in [6.45, 7) is 0.452. The molecule has 0 amide bonds. The van der Waals surface area contributed by atoms with E-state index in [1.807, 2.05) is 0 Å². The van der Waals surface area contributed by atoms with E-state index < -0.39 is 29.3 Å². The van der Waals surface area contributed by atoms with Crippen molar-refractivity contribution in [3.8, 4) is 6.07 Å². The maximum Gasteiger partial charge on any atom is 0.417 e. The van der Waals surface area contributed by atoms with E-state index in [9.17, 15) is 23.1 Å². The molecule has 1 saturated heterocycles. The van der Waals surface area contributed by atoms with Gasteiger partial charge in [0.05, 0.1) is 17.2 Å². The SMILES string of the molecule is N#Cc1cc(N2CCCCC2C(=O)O)ccc1C(F)(F)F. The molecule has 0 radical (unpaired) electrons. The zero-order chi connectivity index (χ0) is 15.6. The predicted octanol–water partition coefficient (Wildman–Crippen LogP) is 3.02. The first-order valence-electron chi connectivity index (χ1n) is 6.45. The number of carbonyl (C=O) groups is 1. The number of aliphatic carboxylic acids is 1. The monoisotopic (exact) mass is 298 g/mol. The number of anilines is 1. The van der Waals surface area contributed by atoms with Crippen LogP contribution >= 0.6 is 0 Å². The van der Waals surface area contributed by atoms with Gasteiger partial charge in [-0.2, -0.15) is 18.4 Å². The normalized spacial score (nSPS) is 19.1. The second kappa shape index (κ2) is 5.64. The first-order chi connectivity index (χ1) is 9.84. The first kappa shape index (κ1) is 15.2. The zero-order valence-electron chi connectivity index (χ0n) is 11.0. The van der Waals surface area contributed by atoms with Crippen LogP contribution in [0.2, 0.25) is 0 Å². The van der Waals surface area contributed by atoms with Gasteiger partial charge in [0, 0.05) is 12.2 Å². The van der Waals surface area contributed by atoms with E-state index in [1.165, 1.54) is 12.1 Å². The van der Waals surface area contributed by atoms with E-state index in [2.05, 4.69) is 0 Å². The number of nitrogens with zero attached hydrogens (tertiary/aromatic N) is 2. The quantitative estimate of drug-likeness (QED) is 0.911. The Morgan fingerprint density at radius 3 is 2.67 bits per heavy atom. The van der Waals surface area contributed by atoms with Crippen molar-refractivity contribution in [3.05, 3.63) is 29.3 Å². The Balaban J connectivity index is 2.41. The lowest BCUT2D eigenvalue weighted by atomic mass is 9.99. The minimum Gasteiger partial charge on any atom is -0.480 e. The molecule has 0 aromatic heterocycles. The summed E-state index contributed by atoms with van der Waals surface area (Å²) in [5, 5.41) is 18.1. The number of carboxylic acids is 1. The maximum atomic E-state index is 12.8. The molecule has 0 bridgehead atoms. The van der Waals surface area contributed by atoms with Crippen LogP contribution in [0.15, 0.2) is 18.2 Å². The summed E-state index contributed by atoms with van der Waals surface area (Å²) in [4.78, 5) is 12.8. The summed E-state index contributed by atoms with van der Waals surface area (Å²) in [5.74, 6) is -1.01. The highest BCUT2D eigenvalue weighted by Crippen LogP contribution is 2.35. The Hall–Kier alpha value is -2.23. The summed E-state index contributed by atoms with van der Waals surface area (Å²) < 4.78 is 38.3. The molecule has 1 aromatic rings. The zero-order valence-corrected chi connectivity index (χ0v) is 11.0. The van der Waals surface area contributed by atoms with E-state index >= 15 is 0 Å². The maximum absolute atomic E-state index is 12.8. The molecule has 21 heavy (non-hydrogen) atoms. The molecule has 7 heteroatoms. The van der Waals surface area contributed by atoms with Gasteiger partial charge in [-0.05, 0) is 37.5 Å². The van der Waals surface area contributed by atoms with Crippen LogP contribution in [0.25, 0.3) is 0 Å². The highest BCUT2D eigenvalue weighted by atomic mass is 19.4. The van der Waals surface area contributed by atoms with E-state index in [0.717, 1.165) is 25.0 Å². The average Bonchev–Trinajstić information content (AvgIpc) is 2.45. The number of rotatable bonds is 2. The number of benzene rings is 1. The second-order valence-electron chi connectivity index (χ2n) is 4.88. The predicted molar refractivity (Wildman–Crippen MR) is 68.8 cm³/mol. The molecule has 0 saturated carbocycles. The van der Waals surface area contributed by atoms with Gasteiger partial charge in [-0.15, -0.1) is 0 Å². The van der Waals surface area contributed by atoms with Crippen LogP contribution < -0.4 is 4.90 Å². The second-order valence-corrected chi connectivity index (χ2v) is 4.88. The summed E-state index contributed by atoms with van der Waals surface area (Å²) in [5.41, 5.74) is -1.15. The van der Waals surface area contributed by atoms with Gasteiger partial charge in [0.1, 0.15) is 6.04 Å². The Morgan fingerprint density at radius 2 is 2.10 bits per heavy atom. The largest absolute Gasteiger partial charge is 0.480 e. The van der Waals surface area contributed by atoms with Gasteiger partial charge in [-0.25, -0.2) is 4.79 Å². The molecule has 4 nitrogen and oxygen atoms in total. The van der Waals surface area contributed by atoms with E-state index in [0.29, 0.717) is 18.7 Å². The Bertz CT molecular complexity index is 593. The third kappa shape index (κ3) is 3.10. The lowest BCUT2D eigenvalue weighted by molar-refractivity contribution is -0.139. The standard InChI is InChI=1S/C14H13F3N2O2/c15-14(16,17)11-5-4-10(7-9(11)8-18)19-6-2-1-3-12(19)13(20)21/h4-5,7,12H,1-3,6H2,(H,20,21). The molecule has 0 spiro atoms. The number of hydrogen-bond acceptors (Lipinski definition) is 3. The molecule has 1 unspecified atom stereocenters. The molecule has 1 heterocycles. The Morgan fingerprint density at radius 1 is 1.38 bits per heavy atom. The fraction of sp³-hybridized carbons (Fsp3) is 0.429. The Kier molecular flexibility index (Phi) is 4.07. The molecule has 2 rings (SSSR count). The summed E-state index contributed by atoms with van der Waals surface area (Å²) in [6.07, 6.45) is -2.62. The van der Waals surface area contributed by atoms with Crippen LogP contribution in [0.4, 0.5) is 18.9 Å². The van der Waals surface area contributed by atoms with Crippen molar-refractivity contribution < 1.29 is 23.1 Å². The van der Waals surface area contributed by atoms with Crippen LogP contribution in [-0.2, 0) is 11.0 Å². The smallest absolute Gasteiger partial charge is 0.417 e. The van der Waals surface area contributed by atoms with Crippen LogP contribution in [0.1, 0.15) is 30.4 Å². The topological polar surface area (TPSA) is 64.3 Å². The van der Waals surface area contributed by atoms with Gasteiger partial charge >= 0.3 is 12.1 Å². The van der Waals surface area contributed by atoms with E-state index in [4.69, 9.17) is 5.26 Å². The molecule has 1 aliphatic heterocycles. The van der Waals surface area contributed by atoms with E-state index in [1.54, 1.807) is 4.90 Å². The summed E-state index contributed by atoms with van der Waals surface area (Å²) >= 11 is 0. The van der Waals surface area contributed by atoms with Crippen LogP contribution in [0.5, 0.6) is 0 Å². The lowest BCUT2D eigenvalue weighted by Gasteiger charge is -2.35. The number of halogens is 3. The van der Waals surface area contributed by atoms with Crippen LogP contribution in [-0.4, -0.2) is 23.7 Å². The first-order valence-corrected chi connectivity index (χ1v) is 6.45. The lowest BCUT2D eigenvalue weighted by Crippen LogP contribution is -2.44. The third-order valence-electron chi connectivity index (χ3n) is 3.55. The molecule has 112 valence electrons.